The van der Waals surface area contributed by atoms with Crippen molar-refractivity contribution in [3.05, 3.63) is 34.9 Å². The van der Waals surface area contributed by atoms with Gasteiger partial charge in [0.15, 0.2) is 6.61 Å². The highest BCUT2D eigenvalue weighted by molar-refractivity contribution is 9.09. The Kier molecular flexibility index (Phi) is 5.05. The summed E-state index contributed by atoms with van der Waals surface area (Å²) < 4.78 is 10.4. The molecule has 6 atom stereocenters. The number of halogens is 2. The molecule has 8 nitrogen and oxygen atoms in total. The van der Waals surface area contributed by atoms with E-state index in [1.54, 1.807) is 18.2 Å². The van der Waals surface area contributed by atoms with Crippen LogP contribution in [-0.2, 0) is 23.9 Å². The van der Waals surface area contributed by atoms with Crippen molar-refractivity contribution in [3.63, 3.8) is 0 Å². The molecular weight excluding hydrogens is 456 g/mol. The largest absolute Gasteiger partial charge is 0.461 e. The molecule has 4 rings (SSSR count). The molecule has 1 heterocycles. The standard InChI is InChI=1S/C18H16BrClN2O6/c19-14-8-5-9-13(18(26)28-15(9)14)12(8)17(25)27-6-11(23)21-22-16(24)7-3-1-2-4-10(7)20/h1-4,8-9,12-15H,5-6H2,(H,21,23)(H,22,24)/t8-,9-,12-,13+,14-,15+/m1/s1. The minimum absolute atomic E-state index is 0.0168. The van der Waals surface area contributed by atoms with E-state index < -0.39 is 36.2 Å². The third-order valence-electron chi connectivity index (χ3n) is 5.57. The van der Waals surface area contributed by atoms with Crippen molar-refractivity contribution in [1.82, 2.24) is 10.9 Å². The fourth-order valence-electron chi connectivity index (χ4n) is 4.40. The minimum atomic E-state index is -0.709. The van der Waals surface area contributed by atoms with Gasteiger partial charge in [-0.25, -0.2) is 0 Å². The number of alkyl halides is 1. The summed E-state index contributed by atoms with van der Waals surface area (Å²) >= 11 is 9.42. The predicted molar refractivity (Wildman–Crippen MR) is 99.2 cm³/mol. The van der Waals surface area contributed by atoms with Crippen LogP contribution in [0.15, 0.2) is 24.3 Å². The van der Waals surface area contributed by atoms with E-state index >= 15 is 0 Å². The van der Waals surface area contributed by atoms with Crippen LogP contribution >= 0.6 is 27.5 Å². The maximum atomic E-state index is 12.5. The second kappa shape index (κ2) is 7.36. The van der Waals surface area contributed by atoms with Crippen molar-refractivity contribution >= 4 is 51.3 Å². The van der Waals surface area contributed by atoms with E-state index in [1.165, 1.54) is 6.07 Å². The monoisotopic (exact) mass is 470 g/mol. The summed E-state index contributed by atoms with van der Waals surface area (Å²) in [6, 6.07) is 6.36. The van der Waals surface area contributed by atoms with Crippen molar-refractivity contribution in [2.75, 3.05) is 6.61 Å². The number of amides is 2. The quantitative estimate of drug-likeness (QED) is 0.388. The zero-order valence-corrected chi connectivity index (χ0v) is 16.7. The van der Waals surface area contributed by atoms with Crippen LogP contribution in [0, 0.1) is 23.7 Å². The number of carbonyl (C=O) groups is 4. The lowest BCUT2D eigenvalue weighted by Crippen LogP contribution is -2.44. The van der Waals surface area contributed by atoms with Gasteiger partial charge in [-0.3, -0.25) is 30.0 Å². The third-order valence-corrected chi connectivity index (χ3v) is 7.10. The molecule has 0 spiro atoms. The van der Waals surface area contributed by atoms with E-state index in [4.69, 9.17) is 21.1 Å². The third kappa shape index (κ3) is 3.16. The Morgan fingerprint density at radius 1 is 1.21 bits per heavy atom. The first-order valence-electron chi connectivity index (χ1n) is 8.73. The highest BCUT2D eigenvalue weighted by atomic mass is 79.9. The molecule has 2 N–H and O–H groups in total. The summed E-state index contributed by atoms with van der Waals surface area (Å²) in [7, 11) is 0. The average Bonchev–Trinajstić information content (AvgIpc) is 3.28. The van der Waals surface area contributed by atoms with Gasteiger partial charge in [0.1, 0.15) is 6.10 Å². The Bertz CT molecular complexity index is 864. The van der Waals surface area contributed by atoms with E-state index in [1.807, 2.05) is 0 Å². The molecule has 1 saturated heterocycles. The molecule has 2 aliphatic carbocycles. The van der Waals surface area contributed by atoms with Gasteiger partial charge in [0.2, 0.25) is 0 Å². The van der Waals surface area contributed by atoms with Gasteiger partial charge in [0, 0.05) is 5.92 Å². The molecule has 1 aromatic rings. The van der Waals surface area contributed by atoms with Gasteiger partial charge in [-0.2, -0.15) is 0 Å². The van der Waals surface area contributed by atoms with Crippen molar-refractivity contribution in [1.29, 1.82) is 0 Å². The van der Waals surface area contributed by atoms with Crippen molar-refractivity contribution < 1.29 is 28.7 Å². The van der Waals surface area contributed by atoms with Crippen LogP contribution < -0.4 is 10.9 Å². The summed E-state index contributed by atoms with van der Waals surface area (Å²) in [6.07, 6.45) is 0.534. The number of hydrogen-bond donors (Lipinski definition) is 2. The molecule has 0 aromatic heterocycles. The summed E-state index contributed by atoms with van der Waals surface area (Å²) in [4.78, 5) is 48.3. The maximum absolute atomic E-state index is 12.5. The summed E-state index contributed by atoms with van der Waals surface area (Å²) in [5, 5.41) is 0.239. The van der Waals surface area contributed by atoms with Gasteiger partial charge in [-0.05, 0) is 24.5 Å². The van der Waals surface area contributed by atoms with E-state index in [0.29, 0.717) is 0 Å². The fraction of sp³-hybridized carbons (Fsp3) is 0.444. The first-order valence-corrected chi connectivity index (χ1v) is 10.0. The number of carbonyl (C=O) groups excluding carboxylic acids is 4. The van der Waals surface area contributed by atoms with Crippen LogP contribution in [0.4, 0.5) is 0 Å². The van der Waals surface area contributed by atoms with Crippen molar-refractivity contribution in [2.24, 2.45) is 23.7 Å². The molecule has 1 aromatic carbocycles. The lowest BCUT2D eigenvalue weighted by Gasteiger charge is -2.26. The van der Waals surface area contributed by atoms with Gasteiger partial charge < -0.3 is 9.47 Å². The summed E-state index contributed by atoms with van der Waals surface area (Å²) in [5.74, 6) is -3.44. The van der Waals surface area contributed by atoms with Crippen LogP contribution in [0.1, 0.15) is 16.8 Å². The number of benzene rings is 1. The molecular formula is C18H16BrClN2O6. The van der Waals surface area contributed by atoms with Crippen molar-refractivity contribution in [3.8, 4) is 0 Å². The second-order valence-corrected chi connectivity index (χ2v) is 8.52. The number of ether oxygens (including phenoxy) is 2. The molecule has 2 saturated carbocycles. The number of fused-ring (bicyclic) bond motifs is 1. The van der Waals surface area contributed by atoms with Gasteiger partial charge in [0.25, 0.3) is 11.8 Å². The lowest BCUT2D eigenvalue weighted by molar-refractivity contribution is -0.158. The van der Waals surface area contributed by atoms with Crippen LogP contribution in [0.5, 0.6) is 0 Å². The predicted octanol–water partition coefficient (Wildman–Crippen LogP) is 1.22. The Hall–Kier alpha value is -2.13. The molecule has 2 amide bonds. The number of rotatable bonds is 4. The Balaban J connectivity index is 1.28. The molecule has 2 bridgehead atoms. The molecule has 3 fully saturated rings. The number of hydrogen-bond acceptors (Lipinski definition) is 6. The number of hydrazine groups is 1. The molecule has 3 aliphatic rings. The first kappa shape index (κ1) is 19.2. The highest BCUT2D eigenvalue weighted by Gasteiger charge is 2.68. The van der Waals surface area contributed by atoms with Crippen LogP contribution in [-0.4, -0.2) is 41.3 Å². The topological polar surface area (TPSA) is 111 Å². The highest BCUT2D eigenvalue weighted by Crippen LogP contribution is 2.60. The Labute approximate surface area is 173 Å². The molecule has 1 aliphatic heterocycles. The fourth-order valence-corrected chi connectivity index (χ4v) is 5.67. The van der Waals surface area contributed by atoms with Gasteiger partial charge in [-0.1, -0.05) is 39.7 Å². The maximum Gasteiger partial charge on any atom is 0.310 e. The van der Waals surface area contributed by atoms with Crippen LogP contribution in [0.2, 0.25) is 5.02 Å². The molecule has 28 heavy (non-hydrogen) atoms. The Morgan fingerprint density at radius 2 is 1.96 bits per heavy atom. The smallest absolute Gasteiger partial charge is 0.310 e. The molecule has 148 valence electrons. The van der Waals surface area contributed by atoms with E-state index in [2.05, 4.69) is 26.8 Å². The van der Waals surface area contributed by atoms with Crippen LogP contribution in [0.3, 0.4) is 0 Å². The SMILES string of the molecule is O=C(COC(=O)[C@@H]1[C@H]2C[C@H]3[C@H](OC(=O)[C@@H]31)[C@@H]2Br)NNC(=O)c1ccccc1Cl. The van der Waals surface area contributed by atoms with Gasteiger partial charge in [0.05, 0.1) is 27.2 Å². The molecule has 0 radical (unpaired) electrons. The van der Waals surface area contributed by atoms with Gasteiger partial charge >= 0.3 is 11.9 Å². The normalized spacial score (nSPS) is 32.0. The zero-order valence-electron chi connectivity index (χ0n) is 14.4. The molecule has 0 unspecified atom stereocenters. The number of esters is 2. The minimum Gasteiger partial charge on any atom is -0.461 e. The summed E-state index contributed by atoms with van der Waals surface area (Å²) in [5.41, 5.74) is 4.56. The van der Waals surface area contributed by atoms with Crippen molar-refractivity contribution in [2.45, 2.75) is 17.4 Å². The van der Waals surface area contributed by atoms with E-state index in [-0.39, 0.29) is 39.3 Å². The Morgan fingerprint density at radius 3 is 2.71 bits per heavy atom. The van der Waals surface area contributed by atoms with E-state index in [9.17, 15) is 19.2 Å². The van der Waals surface area contributed by atoms with Crippen LogP contribution in [0.25, 0.3) is 0 Å². The molecule has 10 heteroatoms. The first-order chi connectivity index (χ1) is 13.4. The van der Waals surface area contributed by atoms with Gasteiger partial charge in [-0.15, -0.1) is 0 Å². The average molecular weight is 472 g/mol. The summed E-state index contributed by atoms with van der Waals surface area (Å²) in [6.45, 7) is -0.576. The number of nitrogens with one attached hydrogen (secondary N) is 2. The zero-order chi connectivity index (χ0) is 20.0. The van der Waals surface area contributed by atoms with E-state index in [0.717, 1.165) is 6.42 Å². The lowest BCUT2D eigenvalue weighted by atomic mass is 9.80. The second-order valence-electron chi connectivity index (χ2n) is 7.05.